The van der Waals surface area contributed by atoms with Crippen LogP contribution in [-0.2, 0) is 6.54 Å². The minimum atomic E-state index is 0.00243. The van der Waals surface area contributed by atoms with Crippen molar-refractivity contribution in [2.75, 3.05) is 11.9 Å². The van der Waals surface area contributed by atoms with Crippen LogP contribution in [0.15, 0.2) is 17.2 Å². The number of aromatic nitrogens is 2. The average Bonchev–Trinajstić information content (AvgIpc) is 2.86. The lowest BCUT2D eigenvalue weighted by Crippen LogP contribution is -2.26. The number of hydrogen-bond acceptors (Lipinski definition) is 3. The molecule has 2 rings (SSSR count). The van der Waals surface area contributed by atoms with Crippen molar-refractivity contribution >= 4 is 5.82 Å². The second-order valence-corrected chi connectivity index (χ2v) is 5.99. The second kappa shape index (κ2) is 6.73. The van der Waals surface area contributed by atoms with E-state index in [1.807, 2.05) is 0 Å². The molecule has 0 atom stereocenters. The predicted octanol–water partition coefficient (Wildman–Crippen LogP) is 2.89. The molecule has 1 aromatic rings. The van der Waals surface area contributed by atoms with E-state index < -0.39 is 0 Å². The lowest BCUT2D eigenvalue weighted by Gasteiger charge is -2.12. The Kier molecular flexibility index (Phi) is 5.00. The minimum Gasteiger partial charge on any atom is -0.365 e. The molecule has 0 bridgehead atoms. The van der Waals surface area contributed by atoms with Gasteiger partial charge < -0.3 is 9.88 Å². The zero-order chi connectivity index (χ0) is 13.7. The first-order valence-electron chi connectivity index (χ1n) is 7.46. The number of anilines is 1. The molecule has 0 radical (unpaired) electrons. The first kappa shape index (κ1) is 14.1. The van der Waals surface area contributed by atoms with Gasteiger partial charge in [0.1, 0.15) is 0 Å². The monoisotopic (exact) mass is 263 g/mol. The third-order valence-corrected chi connectivity index (χ3v) is 3.80. The predicted molar refractivity (Wildman–Crippen MR) is 78.4 cm³/mol. The normalized spacial score (nSPS) is 16.2. The Morgan fingerprint density at radius 2 is 2.16 bits per heavy atom. The Hall–Kier alpha value is -1.32. The first-order valence-corrected chi connectivity index (χ1v) is 7.46. The number of nitrogens with one attached hydrogen (secondary N) is 1. The molecule has 1 saturated carbocycles. The number of rotatable bonds is 6. The lowest BCUT2D eigenvalue weighted by atomic mass is 10.0. The molecule has 106 valence electrons. The van der Waals surface area contributed by atoms with Crippen LogP contribution in [0.25, 0.3) is 0 Å². The van der Waals surface area contributed by atoms with Crippen LogP contribution in [0.3, 0.4) is 0 Å². The van der Waals surface area contributed by atoms with Crippen LogP contribution in [-0.4, -0.2) is 16.1 Å². The fourth-order valence-electron chi connectivity index (χ4n) is 2.80. The molecule has 4 nitrogen and oxygen atoms in total. The summed E-state index contributed by atoms with van der Waals surface area (Å²) in [5.74, 6) is 1.81. The molecule has 1 fully saturated rings. The summed E-state index contributed by atoms with van der Waals surface area (Å²) < 4.78 is 1.75. The summed E-state index contributed by atoms with van der Waals surface area (Å²) in [7, 11) is 0. The molecule has 0 amide bonds. The summed E-state index contributed by atoms with van der Waals surface area (Å²) >= 11 is 0. The van der Waals surface area contributed by atoms with Gasteiger partial charge in [-0.2, -0.15) is 0 Å². The molecule has 1 aliphatic carbocycles. The van der Waals surface area contributed by atoms with E-state index in [1.54, 1.807) is 17.0 Å². The molecule has 0 aromatic carbocycles. The van der Waals surface area contributed by atoms with Crippen LogP contribution in [0.2, 0.25) is 0 Å². The van der Waals surface area contributed by atoms with Gasteiger partial charge in [-0.1, -0.05) is 39.5 Å². The molecule has 0 unspecified atom stereocenters. The van der Waals surface area contributed by atoms with Crippen molar-refractivity contribution in [1.82, 2.24) is 9.55 Å². The van der Waals surface area contributed by atoms with Gasteiger partial charge in [0.25, 0.3) is 5.56 Å². The Labute approximate surface area is 115 Å². The average molecular weight is 263 g/mol. The zero-order valence-electron chi connectivity index (χ0n) is 12.1. The number of hydrogen-bond donors (Lipinski definition) is 1. The van der Waals surface area contributed by atoms with Crippen LogP contribution >= 0.6 is 0 Å². The maximum absolute atomic E-state index is 12.2. The molecule has 1 N–H and O–H groups in total. The van der Waals surface area contributed by atoms with E-state index >= 15 is 0 Å². The van der Waals surface area contributed by atoms with E-state index in [2.05, 4.69) is 24.1 Å². The smallest absolute Gasteiger partial charge is 0.293 e. The maximum atomic E-state index is 12.2. The van der Waals surface area contributed by atoms with E-state index in [9.17, 15) is 4.79 Å². The number of nitrogens with zero attached hydrogens (tertiary/aromatic N) is 2. The zero-order valence-corrected chi connectivity index (χ0v) is 12.1. The third kappa shape index (κ3) is 4.08. The van der Waals surface area contributed by atoms with Crippen molar-refractivity contribution in [2.24, 2.45) is 11.8 Å². The van der Waals surface area contributed by atoms with Crippen molar-refractivity contribution in [3.8, 4) is 0 Å². The highest BCUT2D eigenvalue weighted by Crippen LogP contribution is 2.27. The van der Waals surface area contributed by atoms with Gasteiger partial charge >= 0.3 is 0 Å². The van der Waals surface area contributed by atoms with Crippen molar-refractivity contribution < 1.29 is 0 Å². The molecule has 0 saturated heterocycles. The van der Waals surface area contributed by atoms with Crippen LogP contribution in [0.5, 0.6) is 0 Å². The highest BCUT2D eigenvalue weighted by atomic mass is 16.1. The molecule has 0 aliphatic heterocycles. The molecule has 1 aliphatic rings. The fourth-order valence-corrected chi connectivity index (χ4v) is 2.80. The summed E-state index contributed by atoms with van der Waals surface area (Å²) in [6, 6.07) is 0. The third-order valence-electron chi connectivity index (χ3n) is 3.80. The van der Waals surface area contributed by atoms with Gasteiger partial charge in [0.2, 0.25) is 0 Å². The van der Waals surface area contributed by atoms with Gasteiger partial charge in [-0.3, -0.25) is 4.79 Å². The van der Waals surface area contributed by atoms with Crippen molar-refractivity contribution in [3.63, 3.8) is 0 Å². The Morgan fingerprint density at radius 3 is 2.84 bits per heavy atom. The summed E-state index contributed by atoms with van der Waals surface area (Å²) in [6.07, 6.45) is 10.1. The molecule has 4 heteroatoms. The summed E-state index contributed by atoms with van der Waals surface area (Å²) in [6.45, 7) is 5.83. The topological polar surface area (TPSA) is 46.9 Å². The van der Waals surface area contributed by atoms with Crippen LogP contribution in [0.4, 0.5) is 5.82 Å². The molecule has 0 spiro atoms. The van der Waals surface area contributed by atoms with Gasteiger partial charge in [0.15, 0.2) is 5.82 Å². The standard InChI is InChI=1S/C15H25N3O/c1-12(2)11-18-10-9-17-14(15(18)19)16-8-7-13-5-3-4-6-13/h9-10,12-13H,3-8,11H2,1-2H3,(H,16,17). The second-order valence-electron chi connectivity index (χ2n) is 5.99. The van der Waals surface area contributed by atoms with E-state index in [0.717, 1.165) is 25.4 Å². The SMILES string of the molecule is CC(C)Cn1ccnc(NCCC2CCCC2)c1=O. The minimum absolute atomic E-state index is 0.00243. The summed E-state index contributed by atoms with van der Waals surface area (Å²) in [5, 5.41) is 3.21. The van der Waals surface area contributed by atoms with Crippen LogP contribution < -0.4 is 10.9 Å². The largest absolute Gasteiger partial charge is 0.365 e. The molecule has 19 heavy (non-hydrogen) atoms. The highest BCUT2D eigenvalue weighted by molar-refractivity contribution is 5.30. The van der Waals surface area contributed by atoms with Gasteiger partial charge in [-0.25, -0.2) is 4.98 Å². The van der Waals surface area contributed by atoms with Crippen LogP contribution in [0, 0.1) is 11.8 Å². The van der Waals surface area contributed by atoms with Crippen molar-refractivity contribution in [2.45, 2.75) is 52.5 Å². The Bertz CT molecular complexity index is 447. The first-order chi connectivity index (χ1) is 9.16. The Morgan fingerprint density at radius 1 is 1.42 bits per heavy atom. The van der Waals surface area contributed by atoms with Gasteiger partial charge in [0.05, 0.1) is 0 Å². The van der Waals surface area contributed by atoms with Crippen LogP contribution in [0.1, 0.15) is 46.0 Å². The van der Waals surface area contributed by atoms with E-state index in [1.165, 1.54) is 25.7 Å². The van der Waals surface area contributed by atoms with E-state index in [0.29, 0.717) is 11.7 Å². The lowest BCUT2D eigenvalue weighted by molar-refractivity contribution is 0.507. The van der Waals surface area contributed by atoms with Gasteiger partial charge in [0, 0.05) is 25.5 Å². The summed E-state index contributed by atoms with van der Waals surface area (Å²) in [4.78, 5) is 16.3. The quantitative estimate of drug-likeness (QED) is 0.858. The van der Waals surface area contributed by atoms with Gasteiger partial charge in [-0.05, 0) is 18.3 Å². The molecular weight excluding hydrogens is 238 g/mol. The molecule has 1 heterocycles. The van der Waals surface area contributed by atoms with Crippen molar-refractivity contribution in [1.29, 1.82) is 0 Å². The fraction of sp³-hybridized carbons (Fsp3) is 0.733. The van der Waals surface area contributed by atoms with E-state index in [4.69, 9.17) is 0 Å². The van der Waals surface area contributed by atoms with Crippen molar-refractivity contribution in [3.05, 3.63) is 22.7 Å². The van der Waals surface area contributed by atoms with E-state index in [-0.39, 0.29) is 5.56 Å². The maximum Gasteiger partial charge on any atom is 0.293 e. The summed E-state index contributed by atoms with van der Waals surface area (Å²) in [5.41, 5.74) is 0.00243. The molecule has 1 aromatic heterocycles. The Balaban J connectivity index is 1.90. The highest BCUT2D eigenvalue weighted by Gasteiger charge is 2.14. The van der Waals surface area contributed by atoms with Gasteiger partial charge in [-0.15, -0.1) is 0 Å². The molecular formula is C15H25N3O.